The predicted octanol–water partition coefficient (Wildman–Crippen LogP) is 8.12. The Morgan fingerprint density at radius 2 is 1.10 bits per heavy atom. The maximum Gasteiger partial charge on any atom is 0.410 e. The Kier molecular flexibility index (Phi) is 15.8. The first-order valence-electron chi connectivity index (χ1n) is 17.0. The Labute approximate surface area is 307 Å². The summed E-state index contributed by atoms with van der Waals surface area (Å²) < 4.78 is 15.8. The number of aromatic nitrogens is 2. The van der Waals surface area contributed by atoms with Crippen LogP contribution in [-0.4, -0.2) is 109 Å². The van der Waals surface area contributed by atoms with Gasteiger partial charge in [0.05, 0.1) is 22.1 Å². The fraction of sp³-hybridized carbons (Fsp3) is 0.657. The van der Waals surface area contributed by atoms with Gasteiger partial charge in [0.1, 0.15) is 21.4 Å². The zero-order valence-electron chi connectivity index (χ0n) is 30.1. The highest BCUT2D eigenvalue weighted by Crippen LogP contribution is 2.31. The van der Waals surface area contributed by atoms with Crippen LogP contribution in [0.5, 0.6) is 0 Å². The lowest BCUT2D eigenvalue weighted by molar-refractivity contribution is 0.0252. The third kappa shape index (κ3) is 13.8. The topological polar surface area (TPSA) is 101 Å². The number of ether oxygens (including phenoxy) is 3. The van der Waals surface area contributed by atoms with Crippen molar-refractivity contribution >= 4 is 58.4 Å². The van der Waals surface area contributed by atoms with Gasteiger partial charge in [-0.2, -0.15) is 0 Å². The SMILES string of the molecule is C1CCOC1.CC(C)(C)OC(=O)N1CCCN(c2ccnc(Cl)c2Cl)CC1.Cc1nccc(N2CCCN(C(=O)OC(C)(C)C)CC2)c1Cl. The number of halogens is 3. The van der Waals surface area contributed by atoms with E-state index >= 15 is 0 Å². The number of anilines is 2. The molecule has 0 aromatic carbocycles. The highest BCUT2D eigenvalue weighted by atomic mass is 35.5. The van der Waals surface area contributed by atoms with Gasteiger partial charge in [0.15, 0.2) is 0 Å². The molecule has 2 amide bonds. The van der Waals surface area contributed by atoms with E-state index in [4.69, 9.17) is 49.0 Å². The summed E-state index contributed by atoms with van der Waals surface area (Å²) in [5, 5.41) is 1.44. The number of aryl methyl sites for hydroxylation is 1. The first kappa shape index (κ1) is 40.7. The quantitative estimate of drug-likeness (QED) is 0.283. The van der Waals surface area contributed by atoms with Crippen LogP contribution in [0.1, 0.15) is 72.9 Å². The number of amides is 2. The third-order valence-electron chi connectivity index (χ3n) is 7.67. The van der Waals surface area contributed by atoms with Crippen molar-refractivity contribution in [2.75, 3.05) is 75.4 Å². The van der Waals surface area contributed by atoms with Crippen LogP contribution in [0, 0.1) is 6.92 Å². The summed E-state index contributed by atoms with van der Waals surface area (Å²) in [6.45, 7) is 20.8. The van der Waals surface area contributed by atoms with Crippen molar-refractivity contribution in [1.82, 2.24) is 19.8 Å². The van der Waals surface area contributed by atoms with E-state index in [1.54, 1.807) is 22.2 Å². The minimum absolute atomic E-state index is 0.244. The van der Waals surface area contributed by atoms with Gasteiger partial charge in [-0.3, -0.25) is 4.98 Å². The number of carbonyl (C=O) groups excluding carboxylic acids is 2. The molecule has 0 spiro atoms. The minimum atomic E-state index is -0.481. The number of rotatable bonds is 2. The zero-order chi connectivity index (χ0) is 36.2. The summed E-state index contributed by atoms with van der Waals surface area (Å²) in [4.78, 5) is 40.3. The van der Waals surface area contributed by atoms with Crippen molar-refractivity contribution in [3.63, 3.8) is 0 Å². The average molecular weight is 744 g/mol. The van der Waals surface area contributed by atoms with Crippen molar-refractivity contribution in [2.45, 2.75) is 85.4 Å². The maximum atomic E-state index is 12.2. The van der Waals surface area contributed by atoms with Crippen molar-refractivity contribution in [3.05, 3.63) is 45.4 Å². The first-order valence-corrected chi connectivity index (χ1v) is 18.1. The average Bonchev–Trinajstić information content (AvgIpc) is 3.38. The molecule has 3 fully saturated rings. The second kappa shape index (κ2) is 19.0. The Morgan fingerprint density at radius 3 is 1.53 bits per heavy atom. The summed E-state index contributed by atoms with van der Waals surface area (Å²) in [7, 11) is 0. The molecular formula is C35H53Cl3N6O5. The van der Waals surface area contributed by atoms with E-state index in [0.717, 1.165) is 62.8 Å². The molecule has 2 aromatic heterocycles. The summed E-state index contributed by atoms with van der Waals surface area (Å²) in [6, 6.07) is 3.77. The highest BCUT2D eigenvalue weighted by Gasteiger charge is 2.27. The number of hydrogen-bond donors (Lipinski definition) is 0. The Balaban J connectivity index is 0.000000232. The van der Waals surface area contributed by atoms with Crippen LogP contribution in [0.15, 0.2) is 24.5 Å². The monoisotopic (exact) mass is 742 g/mol. The van der Waals surface area contributed by atoms with Gasteiger partial charge in [-0.05, 0) is 86.3 Å². The van der Waals surface area contributed by atoms with Gasteiger partial charge in [-0.25, -0.2) is 14.6 Å². The van der Waals surface area contributed by atoms with E-state index < -0.39 is 11.2 Å². The molecule has 0 unspecified atom stereocenters. The van der Waals surface area contributed by atoms with Crippen LogP contribution in [0.4, 0.5) is 21.0 Å². The molecule has 11 nitrogen and oxygen atoms in total. The maximum absolute atomic E-state index is 12.2. The number of nitrogens with zero attached hydrogens (tertiary/aromatic N) is 6. The van der Waals surface area contributed by atoms with E-state index in [0.29, 0.717) is 47.9 Å². The van der Waals surface area contributed by atoms with Crippen molar-refractivity contribution in [3.8, 4) is 0 Å². The predicted molar refractivity (Wildman–Crippen MR) is 198 cm³/mol. The van der Waals surface area contributed by atoms with Crippen LogP contribution < -0.4 is 9.80 Å². The molecular weight excluding hydrogens is 691 g/mol. The molecule has 0 saturated carbocycles. The molecule has 5 rings (SSSR count). The molecule has 3 aliphatic heterocycles. The fourth-order valence-electron chi connectivity index (χ4n) is 5.28. The zero-order valence-corrected chi connectivity index (χ0v) is 32.3. The fourth-order valence-corrected chi connectivity index (χ4v) is 5.89. The lowest BCUT2D eigenvalue weighted by Crippen LogP contribution is -2.39. The molecule has 5 heterocycles. The Morgan fingerprint density at radius 1 is 0.653 bits per heavy atom. The largest absolute Gasteiger partial charge is 0.444 e. The number of pyridine rings is 2. The Bertz CT molecular complexity index is 1260. The summed E-state index contributed by atoms with van der Waals surface area (Å²) in [6.07, 6.45) is 7.18. The third-order valence-corrected chi connectivity index (χ3v) is 8.90. The number of carbonyl (C=O) groups is 2. The molecule has 0 atom stereocenters. The second-order valence-electron chi connectivity index (χ2n) is 14.1. The molecule has 0 aliphatic carbocycles. The van der Waals surface area contributed by atoms with Crippen LogP contribution in [0.2, 0.25) is 15.2 Å². The van der Waals surface area contributed by atoms with Gasteiger partial charge in [0.2, 0.25) is 0 Å². The summed E-state index contributed by atoms with van der Waals surface area (Å²) in [5.41, 5.74) is 1.72. The minimum Gasteiger partial charge on any atom is -0.444 e. The van der Waals surface area contributed by atoms with Gasteiger partial charge in [0, 0.05) is 78.0 Å². The van der Waals surface area contributed by atoms with Gasteiger partial charge in [-0.15, -0.1) is 0 Å². The van der Waals surface area contributed by atoms with E-state index in [9.17, 15) is 9.59 Å². The van der Waals surface area contributed by atoms with E-state index in [1.807, 2.05) is 60.6 Å². The molecule has 0 bridgehead atoms. The molecule has 0 radical (unpaired) electrons. The summed E-state index contributed by atoms with van der Waals surface area (Å²) in [5.74, 6) is 0. The van der Waals surface area contributed by atoms with E-state index in [-0.39, 0.29) is 12.2 Å². The lowest BCUT2D eigenvalue weighted by Gasteiger charge is -2.27. The molecule has 0 N–H and O–H groups in total. The van der Waals surface area contributed by atoms with Gasteiger partial charge in [-0.1, -0.05) is 34.8 Å². The standard InChI is InChI=1S/C16H24ClN3O2.C15H21Cl2N3O2.C4H8O/c1-12-14(17)13(6-7-18-12)19-8-5-9-20(11-10-19)15(21)22-16(2,3)4;1-15(2,3)22-14(21)20-8-4-7-19(9-10-20)11-5-6-18-13(17)12(11)16;1-2-4-5-3-1/h6-7H,5,8-11H2,1-4H3;5-6H,4,7-10H2,1-3H3;1-4H2. The molecule has 49 heavy (non-hydrogen) atoms. The van der Waals surface area contributed by atoms with Gasteiger partial charge < -0.3 is 33.8 Å². The van der Waals surface area contributed by atoms with Gasteiger partial charge >= 0.3 is 12.2 Å². The molecule has 14 heteroatoms. The molecule has 2 aromatic rings. The molecule has 3 saturated heterocycles. The normalized spacial score (nSPS) is 17.2. The first-order chi connectivity index (χ1) is 23.1. The van der Waals surface area contributed by atoms with Crippen molar-refractivity contribution in [1.29, 1.82) is 0 Å². The van der Waals surface area contributed by atoms with Crippen LogP contribution >= 0.6 is 34.8 Å². The molecule has 3 aliphatic rings. The Hall–Kier alpha value is -2.73. The lowest BCUT2D eigenvalue weighted by atomic mass is 10.2. The van der Waals surface area contributed by atoms with E-state index in [2.05, 4.69) is 19.8 Å². The van der Waals surface area contributed by atoms with Crippen LogP contribution in [0.3, 0.4) is 0 Å². The van der Waals surface area contributed by atoms with Crippen molar-refractivity contribution < 1.29 is 23.8 Å². The van der Waals surface area contributed by atoms with Crippen LogP contribution in [0.25, 0.3) is 0 Å². The smallest absolute Gasteiger partial charge is 0.410 e. The highest BCUT2D eigenvalue weighted by molar-refractivity contribution is 6.43. The number of hydrogen-bond acceptors (Lipinski definition) is 9. The van der Waals surface area contributed by atoms with Crippen molar-refractivity contribution in [2.24, 2.45) is 0 Å². The molecule has 274 valence electrons. The summed E-state index contributed by atoms with van der Waals surface area (Å²) >= 11 is 18.6. The van der Waals surface area contributed by atoms with Gasteiger partial charge in [0.25, 0.3) is 0 Å². The van der Waals surface area contributed by atoms with Crippen LogP contribution in [-0.2, 0) is 14.2 Å². The van der Waals surface area contributed by atoms with E-state index in [1.165, 1.54) is 12.8 Å². The second-order valence-corrected chi connectivity index (χ2v) is 15.2.